The Morgan fingerprint density at radius 3 is 2.45 bits per heavy atom. The van der Waals surface area contributed by atoms with Gasteiger partial charge in [-0.15, -0.1) is 11.3 Å². The van der Waals surface area contributed by atoms with Gasteiger partial charge in [0.2, 0.25) is 0 Å². The molecule has 20 heavy (non-hydrogen) atoms. The molecule has 0 atom stereocenters. The molecule has 0 spiro atoms. The molecule has 3 heterocycles. The average Bonchev–Trinajstić information content (AvgIpc) is 3.08. The second kappa shape index (κ2) is 5.32. The molecule has 2 aromatic heterocycles. The number of likely N-dealkylation sites (tertiary alicyclic amines) is 1. The number of nitrogens with zero attached hydrogens (tertiary/aromatic N) is 5. The molecule has 0 aliphatic carbocycles. The lowest BCUT2D eigenvalue weighted by Gasteiger charge is -2.31. The van der Waals surface area contributed by atoms with Crippen molar-refractivity contribution in [2.24, 2.45) is 0 Å². The molecule has 3 rings (SSSR count). The number of carbonyl (C=O) groups is 1. The highest BCUT2D eigenvalue weighted by atomic mass is 32.1. The number of carbonyl (C=O) groups excluding carboxylic acids is 1. The molecule has 0 N–H and O–H groups in total. The molecule has 1 aliphatic rings. The quantitative estimate of drug-likeness (QED) is 0.847. The van der Waals surface area contributed by atoms with Gasteiger partial charge in [-0.2, -0.15) is 15.0 Å². The topological polar surface area (TPSA) is 63.9 Å². The largest absolute Gasteiger partial charge is 0.338 e. The molecule has 7 heteroatoms. The Kier molecular flexibility index (Phi) is 3.52. The van der Waals surface area contributed by atoms with Crippen LogP contribution in [0.15, 0.2) is 12.4 Å². The summed E-state index contributed by atoms with van der Waals surface area (Å²) in [6.07, 6.45) is 5.19. The summed E-state index contributed by atoms with van der Waals surface area (Å²) in [5.41, 5.74) is 0.841. The number of rotatable bonds is 2. The van der Waals surface area contributed by atoms with Gasteiger partial charge in [-0.25, -0.2) is 4.98 Å². The summed E-state index contributed by atoms with van der Waals surface area (Å²) in [6, 6.07) is 0.304. The highest BCUT2D eigenvalue weighted by Gasteiger charge is 2.27. The maximum absolute atomic E-state index is 12.5. The molecule has 2 aromatic rings. The Labute approximate surface area is 121 Å². The highest BCUT2D eigenvalue weighted by Crippen LogP contribution is 2.25. The van der Waals surface area contributed by atoms with Crippen LogP contribution in [0.1, 0.15) is 39.3 Å². The van der Waals surface area contributed by atoms with E-state index in [2.05, 4.69) is 15.2 Å². The highest BCUT2D eigenvalue weighted by molar-refractivity contribution is 7.13. The first kappa shape index (κ1) is 13.2. The van der Waals surface area contributed by atoms with Crippen LogP contribution in [0, 0.1) is 13.8 Å². The van der Waals surface area contributed by atoms with E-state index >= 15 is 0 Å². The number of piperidine rings is 1. The third-order valence-electron chi connectivity index (χ3n) is 3.61. The van der Waals surface area contributed by atoms with Crippen LogP contribution in [-0.4, -0.2) is 43.9 Å². The van der Waals surface area contributed by atoms with E-state index in [-0.39, 0.29) is 5.91 Å². The lowest BCUT2D eigenvalue weighted by atomic mass is 10.1. The van der Waals surface area contributed by atoms with Crippen molar-refractivity contribution in [2.75, 3.05) is 13.1 Å². The molecule has 1 fully saturated rings. The molecule has 6 nitrogen and oxygen atoms in total. The van der Waals surface area contributed by atoms with Crippen molar-refractivity contribution in [3.63, 3.8) is 0 Å². The molecule has 0 saturated carbocycles. The summed E-state index contributed by atoms with van der Waals surface area (Å²) in [4.78, 5) is 21.3. The number of hydrogen-bond acceptors (Lipinski definition) is 5. The predicted molar refractivity (Wildman–Crippen MR) is 75.8 cm³/mol. The molecule has 1 aliphatic heterocycles. The van der Waals surface area contributed by atoms with Gasteiger partial charge in [0, 0.05) is 13.1 Å². The summed E-state index contributed by atoms with van der Waals surface area (Å²) in [6.45, 7) is 5.34. The summed E-state index contributed by atoms with van der Waals surface area (Å²) in [5.74, 6) is 0.111. The minimum Gasteiger partial charge on any atom is -0.338 e. The fourth-order valence-corrected chi connectivity index (χ4v) is 3.48. The Bertz CT molecular complexity index is 598. The fourth-order valence-electron chi connectivity index (χ4n) is 2.59. The van der Waals surface area contributed by atoms with Gasteiger partial charge in [-0.3, -0.25) is 4.79 Å². The summed E-state index contributed by atoms with van der Waals surface area (Å²) < 4.78 is 0. The summed E-state index contributed by atoms with van der Waals surface area (Å²) >= 11 is 1.48. The number of amides is 1. The first-order valence-corrected chi connectivity index (χ1v) is 7.56. The van der Waals surface area contributed by atoms with Crippen molar-refractivity contribution in [3.05, 3.63) is 28.0 Å². The third-order valence-corrected chi connectivity index (χ3v) is 4.67. The third kappa shape index (κ3) is 2.45. The number of thiazole rings is 1. The zero-order chi connectivity index (χ0) is 14.1. The van der Waals surface area contributed by atoms with Gasteiger partial charge in [0.25, 0.3) is 5.91 Å². The van der Waals surface area contributed by atoms with Crippen LogP contribution >= 0.6 is 11.3 Å². The van der Waals surface area contributed by atoms with E-state index in [1.165, 1.54) is 11.3 Å². The van der Waals surface area contributed by atoms with E-state index in [4.69, 9.17) is 0 Å². The van der Waals surface area contributed by atoms with Crippen LogP contribution in [0.4, 0.5) is 0 Å². The summed E-state index contributed by atoms with van der Waals surface area (Å²) in [7, 11) is 0. The molecule has 0 radical (unpaired) electrons. The van der Waals surface area contributed by atoms with Gasteiger partial charge >= 0.3 is 0 Å². The lowest BCUT2D eigenvalue weighted by molar-refractivity contribution is 0.0687. The SMILES string of the molecule is Cc1nc(C)c(C(=O)N2CCC(n3nccn3)CC2)s1. The fraction of sp³-hybridized carbons (Fsp3) is 0.538. The average molecular weight is 291 g/mol. The first-order chi connectivity index (χ1) is 9.65. The van der Waals surface area contributed by atoms with Gasteiger partial charge in [-0.1, -0.05) is 0 Å². The summed E-state index contributed by atoms with van der Waals surface area (Å²) in [5, 5.41) is 9.30. The zero-order valence-electron chi connectivity index (χ0n) is 11.6. The second-order valence-corrected chi connectivity index (χ2v) is 6.22. The number of aromatic nitrogens is 4. The molecular weight excluding hydrogens is 274 g/mol. The molecule has 0 bridgehead atoms. The number of aryl methyl sites for hydroxylation is 2. The van der Waals surface area contributed by atoms with Crippen LogP contribution in [-0.2, 0) is 0 Å². The molecule has 0 unspecified atom stereocenters. The van der Waals surface area contributed by atoms with Crippen LogP contribution < -0.4 is 0 Å². The van der Waals surface area contributed by atoms with Crippen LogP contribution in [0.2, 0.25) is 0 Å². The molecule has 106 valence electrons. The van der Waals surface area contributed by atoms with E-state index < -0.39 is 0 Å². The van der Waals surface area contributed by atoms with Crippen molar-refractivity contribution in [1.82, 2.24) is 24.9 Å². The Hall–Kier alpha value is -1.76. The predicted octanol–water partition coefficient (Wildman–Crippen LogP) is 1.83. The van der Waals surface area contributed by atoms with Crippen molar-refractivity contribution in [1.29, 1.82) is 0 Å². The van der Waals surface area contributed by atoms with Gasteiger partial charge in [-0.05, 0) is 26.7 Å². The van der Waals surface area contributed by atoms with Crippen molar-refractivity contribution < 1.29 is 4.79 Å². The molecule has 0 aromatic carbocycles. The maximum Gasteiger partial charge on any atom is 0.265 e. The maximum atomic E-state index is 12.5. The van der Waals surface area contributed by atoms with Gasteiger partial charge in [0.1, 0.15) is 4.88 Å². The van der Waals surface area contributed by atoms with Crippen LogP contribution in [0.5, 0.6) is 0 Å². The van der Waals surface area contributed by atoms with E-state index in [9.17, 15) is 4.79 Å². The first-order valence-electron chi connectivity index (χ1n) is 6.74. The second-order valence-electron chi connectivity index (χ2n) is 5.02. The smallest absolute Gasteiger partial charge is 0.265 e. The van der Waals surface area contributed by atoms with E-state index in [1.807, 2.05) is 18.7 Å². The molecule has 1 amide bonds. The molecular formula is C13H17N5OS. The van der Waals surface area contributed by atoms with E-state index in [1.54, 1.807) is 17.2 Å². The van der Waals surface area contributed by atoms with Crippen molar-refractivity contribution in [2.45, 2.75) is 32.7 Å². The van der Waals surface area contributed by atoms with Crippen molar-refractivity contribution in [3.8, 4) is 0 Å². The minimum atomic E-state index is 0.111. The van der Waals surface area contributed by atoms with Gasteiger partial charge in [0.05, 0.1) is 29.1 Å². The van der Waals surface area contributed by atoms with Crippen molar-refractivity contribution >= 4 is 17.2 Å². The normalized spacial score (nSPS) is 16.6. The lowest BCUT2D eigenvalue weighted by Crippen LogP contribution is -2.39. The Balaban J connectivity index is 1.66. The Morgan fingerprint density at radius 1 is 1.25 bits per heavy atom. The molecule has 1 saturated heterocycles. The van der Waals surface area contributed by atoms with Gasteiger partial charge < -0.3 is 4.90 Å². The minimum absolute atomic E-state index is 0.111. The number of hydrogen-bond donors (Lipinski definition) is 0. The van der Waals surface area contributed by atoms with Crippen LogP contribution in [0.3, 0.4) is 0 Å². The Morgan fingerprint density at radius 2 is 1.90 bits per heavy atom. The monoisotopic (exact) mass is 291 g/mol. The standard InChI is InChI=1S/C13H17N5OS/c1-9-12(20-10(2)16-9)13(19)17-7-3-11(4-8-17)18-14-5-6-15-18/h5-6,11H,3-4,7-8H2,1-2H3. The zero-order valence-corrected chi connectivity index (χ0v) is 12.4. The van der Waals surface area contributed by atoms with Crippen LogP contribution in [0.25, 0.3) is 0 Å². The van der Waals surface area contributed by atoms with E-state index in [0.29, 0.717) is 6.04 Å². The van der Waals surface area contributed by atoms with Gasteiger partial charge in [0.15, 0.2) is 0 Å². The van der Waals surface area contributed by atoms with E-state index in [0.717, 1.165) is 41.5 Å².